The number of hydrogen-bond donors (Lipinski definition) is 3. The highest BCUT2D eigenvalue weighted by molar-refractivity contribution is 5.89. The minimum Gasteiger partial charge on any atom is -0.492 e. The van der Waals surface area contributed by atoms with E-state index in [1.807, 2.05) is 61.7 Å². The molecular weight excluding hydrogens is 354 g/mol. The Kier molecular flexibility index (Phi) is 6.32. The first-order valence-corrected chi connectivity index (χ1v) is 9.32. The van der Waals surface area contributed by atoms with E-state index < -0.39 is 6.04 Å². The Hall–Kier alpha value is -3.28. The first-order chi connectivity index (χ1) is 13.5. The van der Waals surface area contributed by atoms with Crippen molar-refractivity contribution in [3.8, 4) is 5.75 Å². The number of para-hydroxylation sites is 1. The number of fused-ring (bicyclic) bond motifs is 1. The summed E-state index contributed by atoms with van der Waals surface area (Å²) in [5, 5.41) is 6.63. The van der Waals surface area contributed by atoms with E-state index in [2.05, 4.69) is 15.6 Å². The molecule has 2 amide bonds. The van der Waals surface area contributed by atoms with Crippen LogP contribution in [0.15, 0.2) is 54.7 Å². The summed E-state index contributed by atoms with van der Waals surface area (Å²) in [4.78, 5) is 27.4. The number of aryl methyl sites for hydroxylation is 1. The third-order valence-electron chi connectivity index (χ3n) is 4.48. The van der Waals surface area contributed by atoms with Gasteiger partial charge in [0.05, 0.1) is 6.54 Å². The fraction of sp³-hybridized carbons (Fsp3) is 0.273. The minimum atomic E-state index is -0.643. The van der Waals surface area contributed by atoms with Crippen LogP contribution in [0.2, 0.25) is 0 Å². The van der Waals surface area contributed by atoms with Crippen molar-refractivity contribution in [2.75, 3.05) is 13.2 Å². The molecule has 146 valence electrons. The first kappa shape index (κ1) is 19.5. The highest BCUT2D eigenvalue weighted by atomic mass is 16.5. The Balaban J connectivity index is 1.57. The van der Waals surface area contributed by atoms with Gasteiger partial charge < -0.3 is 20.4 Å². The quantitative estimate of drug-likeness (QED) is 0.526. The van der Waals surface area contributed by atoms with Gasteiger partial charge >= 0.3 is 0 Å². The Morgan fingerprint density at radius 1 is 1.11 bits per heavy atom. The number of amides is 2. The molecule has 1 aromatic heterocycles. The van der Waals surface area contributed by atoms with E-state index in [1.54, 1.807) is 0 Å². The van der Waals surface area contributed by atoms with Gasteiger partial charge in [-0.3, -0.25) is 9.59 Å². The summed E-state index contributed by atoms with van der Waals surface area (Å²) >= 11 is 0. The molecule has 1 atom stereocenters. The van der Waals surface area contributed by atoms with Crippen LogP contribution < -0.4 is 15.4 Å². The Bertz CT molecular complexity index is 947. The van der Waals surface area contributed by atoms with Crippen molar-refractivity contribution >= 4 is 22.7 Å². The van der Waals surface area contributed by atoms with Crippen LogP contribution in [0.3, 0.4) is 0 Å². The van der Waals surface area contributed by atoms with E-state index in [-0.39, 0.29) is 11.8 Å². The molecule has 0 aliphatic rings. The predicted octanol–water partition coefficient (Wildman–Crippen LogP) is 2.72. The third-order valence-corrected chi connectivity index (χ3v) is 4.48. The van der Waals surface area contributed by atoms with Gasteiger partial charge in [-0.1, -0.05) is 35.9 Å². The molecule has 3 rings (SSSR count). The largest absolute Gasteiger partial charge is 0.492 e. The number of aromatic nitrogens is 1. The van der Waals surface area contributed by atoms with Gasteiger partial charge in [-0.15, -0.1) is 0 Å². The maximum atomic E-state index is 12.6. The zero-order chi connectivity index (χ0) is 19.9. The van der Waals surface area contributed by atoms with Gasteiger partial charge in [0.1, 0.15) is 18.4 Å². The van der Waals surface area contributed by atoms with Gasteiger partial charge in [0, 0.05) is 30.4 Å². The van der Waals surface area contributed by atoms with Crippen LogP contribution >= 0.6 is 0 Å². The lowest BCUT2D eigenvalue weighted by Gasteiger charge is -2.17. The standard InChI is InChI=1S/C22H25N3O3/c1-15-7-9-18(10-8-15)28-12-11-23-22(27)21(25-16(2)26)13-17-14-24-20-6-4-3-5-19(17)20/h3-10,14,21,24H,11-13H2,1-2H3,(H,23,27)(H,25,26). The van der Waals surface area contributed by atoms with Crippen LogP contribution in [0.5, 0.6) is 5.75 Å². The summed E-state index contributed by atoms with van der Waals surface area (Å²) in [6.45, 7) is 4.14. The van der Waals surface area contributed by atoms with Gasteiger partial charge in [0.25, 0.3) is 0 Å². The maximum absolute atomic E-state index is 12.6. The number of benzene rings is 2. The molecule has 1 heterocycles. The molecule has 0 aliphatic heterocycles. The molecule has 0 saturated heterocycles. The molecule has 3 N–H and O–H groups in total. The first-order valence-electron chi connectivity index (χ1n) is 9.32. The average molecular weight is 379 g/mol. The van der Waals surface area contributed by atoms with Crippen molar-refractivity contribution in [2.45, 2.75) is 26.3 Å². The van der Waals surface area contributed by atoms with Gasteiger partial charge in [0.2, 0.25) is 11.8 Å². The normalized spacial score (nSPS) is 11.8. The van der Waals surface area contributed by atoms with E-state index in [0.717, 1.165) is 27.8 Å². The van der Waals surface area contributed by atoms with Crippen molar-refractivity contribution in [3.05, 3.63) is 65.9 Å². The molecular formula is C22H25N3O3. The number of hydrogen-bond acceptors (Lipinski definition) is 3. The van der Waals surface area contributed by atoms with E-state index in [4.69, 9.17) is 4.74 Å². The van der Waals surface area contributed by atoms with Crippen LogP contribution in [0.4, 0.5) is 0 Å². The van der Waals surface area contributed by atoms with E-state index in [9.17, 15) is 9.59 Å². The summed E-state index contributed by atoms with van der Waals surface area (Å²) in [7, 11) is 0. The lowest BCUT2D eigenvalue weighted by Crippen LogP contribution is -2.48. The second-order valence-corrected chi connectivity index (χ2v) is 6.77. The minimum absolute atomic E-state index is 0.229. The lowest BCUT2D eigenvalue weighted by molar-refractivity contribution is -0.128. The predicted molar refractivity (Wildman–Crippen MR) is 109 cm³/mol. The van der Waals surface area contributed by atoms with E-state index in [0.29, 0.717) is 19.6 Å². The summed E-state index contributed by atoms with van der Waals surface area (Å²) in [5.74, 6) is 0.293. The molecule has 0 radical (unpaired) electrons. The number of carbonyl (C=O) groups is 2. The Labute approximate surface area is 164 Å². The average Bonchev–Trinajstić information content (AvgIpc) is 3.08. The molecule has 0 spiro atoms. The van der Waals surface area contributed by atoms with Crippen LogP contribution in [-0.4, -0.2) is 36.0 Å². The zero-order valence-electron chi connectivity index (χ0n) is 16.1. The van der Waals surface area contributed by atoms with Gasteiger partial charge in [0.15, 0.2) is 0 Å². The molecule has 3 aromatic rings. The zero-order valence-corrected chi connectivity index (χ0v) is 16.1. The van der Waals surface area contributed by atoms with Crippen molar-refractivity contribution in [2.24, 2.45) is 0 Å². The number of nitrogens with one attached hydrogen (secondary N) is 3. The molecule has 1 unspecified atom stereocenters. The van der Waals surface area contributed by atoms with Crippen LogP contribution in [-0.2, 0) is 16.0 Å². The van der Waals surface area contributed by atoms with Crippen molar-refractivity contribution in [3.63, 3.8) is 0 Å². The van der Waals surface area contributed by atoms with Gasteiger partial charge in [-0.05, 0) is 30.7 Å². The maximum Gasteiger partial charge on any atom is 0.243 e. The van der Waals surface area contributed by atoms with Crippen LogP contribution in [0.25, 0.3) is 10.9 Å². The van der Waals surface area contributed by atoms with E-state index in [1.165, 1.54) is 6.92 Å². The van der Waals surface area contributed by atoms with Gasteiger partial charge in [-0.25, -0.2) is 0 Å². The number of carbonyl (C=O) groups excluding carboxylic acids is 2. The molecule has 0 aliphatic carbocycles. The topological polar surface area (TPSA) is 83.2 Å². The fourth-order valence-corrected chi connectivity index (χ4v) is 3.08. The lowest BCUT2D eigenvalue weighted by atomic mass is 10.0. The smallest absolute Gasteiger partial charge is 0.243 e. The SMILES string of the molecule is CC(=O)NC(Cc1c[nH]c2ccccc12)C(=O)NCCOc1ccc(C)cc1. The summed E-state index contributed by atoms with van der Waals surface area (Å²) in [6, 6.07) is 15.0. The molecule has 0 fully saturated rings. The van der Waals surface area contributed by atoms with E-state index >= 15 is 0 Å². The van der Waals surface area contributed by atoms with Gasteiger partial charge in [-0.2, -0.15) is 0 Å². The molecule has 0 bridgehead atoms. The summed E-state index contributed by atoms with van der Waals surface area (Å²) in [5.41, 5.74) is 3.16. The third kappa shape index (κ3) is 5.13. The number of rotatable bonds is 8. The number of H-pyrrole nitrogens is 1. The van der Waals surface area contributed by atoms with Crippen molar-refractivity contribution < 1.29 is 14.3 Å². The van der Waals surface area contributed by atoms with Crippen LogP contribution in [0, 0.1) is 6.92 Å². The monoisotopic (exact) mass is 379 g/mol. The summed E-state index contributed by atoms with van der Waals surface area (Å²) < 4.78 is 5.63. The number of ether oxygens (including phenoxy) is 1. The fourth-order valence-electron chi connectivity index (χ4n) is 3.08. The second kappa shape index (κ2) is 9.08. The summed E-state index contributed by atoms with van der Waals surface area (Å²) in [6.07, 6.45) is 2.29. The van der Waals surface area contributed by atoms with Crippen LogP contribution in [0.1, 0.15) is 18.1 Å². The second-order valence-electron chi connectivity index (χ2n) is 6.77. The number of aromatic amines is 1. The molecule has 2 aromatic carbocycles. The highest BCUT2D eigenvalue weighted by Gasteiger charge is 2.21. The highest BCUT2D eigenvalue weighted by Crippen LogP contribution is 2.19. The van der Waals surface area contributed by atoms with Crippen molar-refractivity contribution in [1.29, 1.82) is 0 Å². The molecule has 28 heavy (non-hydrogen) atoms. The molecule has 6 nitrogen and oxygen atoms in total. The Morgan fingerprint density at radius 3 is 2.61 bits per heavy atom. The molecule has 0 saturated carbocycles. The molecule has 6 heteroatoms. The Morgan fingerprint density at radius 2 is 1.86 bits per heavy atom. The van der Waals surface area contributed by atoms with Crippen molar-refractivity contribution in [1.82, 2.24) is 15.6 Å².